The van der Waals surface area contributed by atoms with Crippen LogP contribution in [-0.4, -0.2) is 11.1 Å². The van der Waals surface area contributed by atoms with Gasteiger partial charge in [0.15, 0.2) is 0 Å². The molecule has 0 amide bonds. The quantitative estimate of drug-likeness (QED) is 0.347. The van der Waals surface area contributed by atoms with Crippen LogP contribution in [0.3, 0.4) is 0 Å². The van der Waals surface area contributed by atoms with Crippen LogP contribution in [0.2, 0.25) is 0 Å². The van der Waals surface area contributed by atoms with Gasteiger partial charge < -0.3 is 5.11 Å². The molecule has 0 heterocycles. The van der Waals surface area contributed by atoms with Crippen molar-refractivity contribution < 1.29 is 9.90 Å². The molecule has 0 aromatic heterocycles. The van der Waals surface area contributed by atoms with Gasteiger partial charge in [0.2, 0.25) is 0 Å². The predicted molar refractivity (Wildman–Crippen MR) is 77.6 cm³/mol. The Morgan fingerprint density at radius 1 is 0.889 bits per heavy atom. The van der Waals surface area contributed by atoms with Gasteiger partial charge >= 0.3 is 5.97 Å². The van der Waals surface area contributed by atoms with E-state index in [1.165, 1.54) is 38.2 Å². The lowest BCUT2D eigenvalue weighted by Gasteiger charge is -1.95. The second-order valence-corrected chi connectivity index (χ2v) is 4.10. The lowest BCUT2D eigenvalue weighted by Crippen LogP contribution is -1.84. The van der Waals surface area contributed by atoms with Gasteiger partial charge in [-0.25, -0.2) is 4.79 Å². The molecule has 0 bridgehead atoms. The van der Waals surface area contributed by atoms with Crippen molar-refractivity contribution >= 4 is 5.97 Å². The largest absolute Gasteiger partial charge is 0.478 e. The highest BCUT2D eigenvalue weighted by molar-refractivity contribution is 5.80. The minimum Gasteiger partial charge on any atom is -0.478 e. The summed E-state index contributed by atoms with van der Waals surface area (Å²) in [6, 6.07) is 0. The van der Waals surface area contributed by atoms with Gasteiger partial charge in [0.25, 0.3) is 0 Å². The van der Waals surface area contributed by atoms with Crippen LogP contribution >= 0.6 is 0 Å². The molecule has 0 atom stereocenters. The average Bonchev–Trinajstić information content (AvgIpc) is 2.34. The third-order valence-corrected chi connectivity index (χ3v) is 2.40. The van der Waals surface area contributed by atoms with Crippen molar-refractivity contribution in [2.45, 2.75) is 45.4 Å². The Balaban J connectivity index is 3.48. The number of hydrogen-bond acceptors (Lipinski definition) is 1. The Kier molecular flexibility index (Phi) is 12.3. The summed E-state index contributed by atoms with van der Waals surface area (Å²) in [6.45, 7) is 2.23. The first kappa shape index (κ1) is 16.4. The first-order valence-electron chi connectivity index (χ1n) is 6.67. The van der Waals surface area contributed by atoms with Crippen molar-refractivity contribution in [1.82, 2.24) is 0 Å². The zero-order valence-corrected chi connectivity index (χ0v) is 11.2. The summed E-state index contributed by atoms with van der Waals surface area (Å²) < 4.78 is 0. The lowest BCUT2D eigenvalue weighted by atomic mass is 10.1. The van der Waals surface area contributed by atoms with Crippen LogP contribution in [0.5, 0.6) is 0 Å². The molecule has 0 aromatic carbocycles. The van der Waals surface area contributed by atoms with E-state index in [0.717, 1.165) is 12.5 Å². The molecule has 2 nitrogen and oxygen atoms in total. The molecule has 0 aliphatic rings. The Bertz CT molecular complexity index is 309. The van der Waals surface area contributed by atoms with E-state index >= 15 is 0 Å². The van der Waals surface area contributed by atoms with E-state index in [-0.39, 0.29) is 0 Å². The summed E-state index contributed by atoms with van der Waals surface area (Å²) in [6.07, 6.45) is 21.9. The minimum atomic E-state index is -0.924. The highest BCUT2D eigenvalue weighted by Gasteiger charge is 1.85. The third-order valence-electron chi connectivity index (χ3n) is 2.40. The van der Waals surface area contributed by atoms with E-state index in [9.17, 15) is 4.79 Å². The molecule has 0 radical (unpaired) electrons. The van der Waals surface area contributed by atoms with Crippen LogP contribution in [0, 0.1) is 0 Å². The Labute approximate surface area is 110 Å². The van der Waals surface area contributed by atoms with Gasteiger partial charge in [-0.3, -0.25) is 0 Å². The average molecular weight is 248 g/mol. The first-order chi connectivity index (χ1) is 8.77. The minimum absolute atomic E-state index is 0.924. The summed E-state index contributed by atoms with van der Waals surface area (Å²) in [5, 5.41) is 8.34. The van der Waals surface area contributed by atoms with E-state index in [1.54, 1.807) is 6.08 Å². The molecule has 1 N–H and O–H groups in total. The molecule has 100 valence electrons. The number of aliphatic carboxylic acids is 1. The Morgan fingerprint density at radius 2 is 1.50 bits per heavy atom. The molecule has 2 heteroatoms. The van der Waals surface area contributed by atoms with E-state index in [0.29, 0.717) is 0 Å². The van der Waals surface area contributed by atoms with Gasteiger partial charge in [0.1, 0.15) is 0 Å². The van der Waals surface area contributed by atoms with E-state index in [2.05, 4.69) is 13.0 Å². The molecule has 0 aliphatic heterocycles. The maximum Gasteiger partial charge on any atom is 0.328 e. The molecule has 0 fully saturated rings. The second kappa shape index (κ2) is 13.5. The van der Waals surface area contributed by atoms with Crippen molar-refractivity contribution in [2.24, 2.45) is 0 Å². The molecule has 18 heavy (non-hydrogen) atoms. The number of allylic oxidation sites excluding steroid dienone is 7. The second-order valence-electron chi connectivity index (χ2n) is 4.10. The zero-order valence-electron chi connectivity index (χ0n) is 11.2. The molecule has 0 saturated carbocycles. The van der Waals surface area contributed by atoms with Crippen LogP contribution in [-0.2, 0) is 4.79 Å². The fourth-order valence-electron chi connectivity index (χ4n) is 1.44. The summed E-state index contributed by atoms with van der Waals surface area (Å²) in [7, 11) is 0. The fourth-order valence-corrected chi connectivity index (χ4v) is 1.44. The number of carbonyl (C=O) groups is 1. The zero-order chi connectivity index (χ0) is 13.5. The van der Waals surface area contributed by atoms with E-state index < -0.39 is 5.97 Å². The number of unbranched alkanes of at least 4 members (excludes halogenated alkanes) is 5. The molecule has 0 aromatic rings. The third kappa shape index (κ3) is 14.4. The number of hydrogen-bond donors (Lipinski definition) is 1. The molecular weight excluding hydrogens is 224 g/mol. The van der Waals surface area contributed by atoms with Gasteiger partial charge in [0.05, 0.1) is 0 Å². The number of carboxylic acids is 1. The smallest absolute Gasteiger partial charge is 0.328 e. The van der Waals surface area contributed by atoms with Crippen molar-refractivity contribution in [3.05, 3.63) is 48.6 Å². The van der Waals surface area contributed by atoms with Crippen LogP contribution in [0.1, 0.15) is 45.4 Å². The summed E-state index contributed by atoms with van der Waals surface area (Å²) in [5.74, 6) is -0.924. The highest BCUT2D eigenvalue weighted by atomic mass is 16.4. The van der Waals surface area contributed by atoms with Crippen LogP contribution in [0.25, 0.3) is 0 Å². The van der Waals surface area contributed by atoms with Crippen LogP contribution < -0.4 is 0 Å². The van der Waals surface area contributed by atoms with E-state index in [1.807, 2.05) is 24.3 Å². The summed E-state index contributed by atoms with van der Waals surface area (Å²) in [5.41, 5.74) is 0. The Hall–Kier alpha value is -1.57. The van der Waals surface area contributed by atoms with Gasteiger partial charge in [-0.05, 0) is 12.8 Å². The highest BCUT2D eigenvalue weighted by Crippen LogP contribution is 2.05. The Morgan fingerprint density at radius 3 is 2.17 bits per heavy atom. The maximum atomic E-state index is 10.2. The van der Waals surface area contributed by atoms with Crippen molar-refractivity contribution in [1.29, 1.82) is 0 Å². The van der Waals surface area contributed by atoms with Crippen molar-refractivity contribution in [2.75, 3.05) is 0 Å². The normalized spacial score (nSPS) is 12.5. The maximum absolute atomic E-state index is 10.2. The van der Waals surface area contributed by atoms with Gasteiger partial charge in [-0.1, -0.05) is 75.1 Å². The molecule has 0 aliphatic carbocycles. The van der Waals surface area contributed by atoms with Crippen molar-refractivity contribution in [3.63, 3.8) is 0 Å². The van der Waals surface area contributed by atoms with Crippen molar-refractivity contribution in [3.8, 4) is 0 Å². The monoisotopic (exact) mass is 248 g/mol. The molecule has 0 rings (SSSR count). The lowest BCUT2D eigenvalue weighted by molar-refractivity contribution is -0.131. The standard InChI is InChI=1S/C16H24O2/c1-2-3-4-5-6-7-8-9-10-11-12-13-14-15-16(17)18/h8-15H,2-7H2,1H3,(H,17,18)/b9-8+,11-10-,13-12-,15-14+. The van der Waals surface area contributed by atoms with Crippen LogP contribution in [0.15, 0.2) is 48.6 Å². The fraction of sp³-hybridized carbons (Fsp3) is 0.438. The molecule has 0 unspecified atom stereocenters. The van der Waals surface area contributed by atoms with Gasteiger partial charge in [-0.15, -0.1) is 0 Å². The molecule has 0 spiro atoms. The van der Waals surface area contributed by atoms with Gasteiger partial charge in [-0.2, -0.15) is 0 Å². The van der Waals surface area contributed by atoms with Crippen LogP contribution in [0.4, 0.5) is 0 Å². The molecule has 0 saturated heterocycles. The SMILES string of the molecule is CCCCCCC/C=C/C=C\C=C/C=C/C(=O)O. The summed E-state index contributed by atoms with van der Waals surface area (Å²) in [4.78, 5) is 10.2. The first-order valence-corrected chi connectivity index (χ1v) is 6.67. The molecular formula is C16H24O2. The number of rotatable bonds is 10. The van der Waals surface area contributed by atoms with E-state index in [4.69, 9.17) is 5.11 Å². The van der Waals surface area contributed by atoms with Gasteiger partial charge in [0, 0.05) is 6.08 Å². The predicted octanol–water partition coefficient (Wildman–Crippen LogP) is 4.66. The number of carboxylic acid groups (broad SMARTS) is 1. The summed E-state index contributed by atoms with van der Waals surface area (Å²) >= 11 is 0. The topological polar surface area (TPSA) is 37.3 Å².